The summed E-state index contributed by atoms with van der Waals surface area (Å²) >= 11 is 1.42. The first-order valence-corrected chi connectivity index (χ1v) is 7.85. The van der Waals surface area contributed by atoms with Crippen LogP contribution in [0.2, 0.25) is 0 Å². The minimum absolute atomic E-state index is 0.0959. The van der Waals surface area contributed by atoms with Gasteiger partial charge in [0.2, 0.25) is 5.91 Å². The van der Waals surface area contributed by atoms with Crippen LogP contribution in [-0.4, -0.2) is 42.9 Å². The van der Waals surface area contributed by atoms with Crippen molar-refractivity contribution in [1.29, 1.82) is 0 Å². The zero-order chi connectivity index (χ0) is 15.2. The number of thiophene rings is 1. The largest absolute Gasteiger partial charge is 0.357 e. The Morgan fingerprint density at radius 2 is 2.33 bits per heavy atom. The first kappa shape index (κ1) is 15.5. The molecule has 0 saturated carbocycles. The van der Waals surface area contributed by atoms with Gasteiger partial charge < -0.3 is 16.0 Å². The number of hydrogen-bond acceptors (Lipinski definition) is 4. The summed E-state index contributed by atoms with van der Waals surface area (Å²) in [6, 6.07) is 1.40. The minimum Gasteiger partial charge on any atom is -0.357 e. The Hall–Kier alpha value is -1.84. The number of piperidine rings is 1. The van der Waals surface area contributed by atoms with Gasteiger partial charge in [0.1, 0.15) is 6.04 Å². The predicted octanol–water partition coefficient (Wildman–Crippen LogP) is 0.799. The molecule has 1 atom stereocenters. The summed E-state index contributed by atoms with van der Waals surface area (Å²) in [7, 11) is 1.60. The van der Waals surface area contributed by atoms with E-state index >= 15 is 0 Å². The van der Waals surface area contributed by atoms with E-state index in [1.165, 1.54) is 11.3 Å². The van der Waals surface area contributed by atoms with Gasteiger partial charge in [0.05, 0.1) is 17.0 Å². The zero-order valence-electron chi connectivity index (χ0n) is 12.0. The molecule has 0 bridgehead atoms. The lowest BCUT2D eigenvalue weighted by molar-refractivity contribution is -0.126. The zero-order valence-corrected chi connectivity index (χ0v) is 12.8. The molecule has 1 aliphatic rings. The SMILES string of the molecule is CNC(=O)C1CCCCN1C(=O)c1csc(C#CCN)c1. The number of carbonyl (C=O) groups is 2. The highest BCUT2D eigenvalue weighted by Crippen LogP contribution is 2.22. The van der Waals surface area contributed by atoms with E-state index in [4.69, 9.17) is 5.73 Å². The third-order valence-corrected chi connectivity index (χ3v) is 4.32. The van der Waals surface area contributed by atoms with Crippen LogP contribution in [0.1, 0.15) is 34.5 Å². The van der Waals surface area contributed by atoms with Gasteiger partial charge in [-0.2, -0.15) is 0 Å². The molecule has 2 rings (SSSR count). The fourth-order valence-electron chi connectivity index (χ4n) is 2.43. The molecule has 0 spiro atoms. The topological polar surface area (TPSA) is 75.4 Å². The molecule has 0 radical (unpaired) electrons. The van der Waals surface area contributed by atoms with Crippen molar-refractivity contribution in [3.63, 3.8) is 0 Å². The number of likely N-dealkylation sites (tertiary alicyclic amines) is 1. The Labute approximate surface area is 128 Å². The van der Waals surface area contributed by atoms with E-state index in [1.54, 1.807) is 23.4 Å². The van der Waals surface area contributed by atoms with Crippen LogP contribution in [0, 0.1) is 11.8 Å². The maximum Gasteiger partial charge on any atom is 0.255 e. The molecule has 3 N–H and O–H groups in total. The molecule has 1 aromatic heterocycles. The maximum absolute atomic E-state index is 12.6. The van der Waals surface area contributed by atoms with Gasteiger partial charge in [-0.15, -0.1) is 11.3 Å². The Kier molecular flexibility index (Phi) is 5.37. The van der Waals surface area contributed by atoms with Crippen LogP contribution in [-0.2, 0) is 4.79 Å². The molecule has 2 amide bonds. The smallest absolute Gasteiger partial charge is 0.255 e. The van der Waals surface area contributed by atoms with Crippen molar-refractivity contribution < 1.29 is 9.59 Å². The summed E-state index contributed by atoms with van der Waals surface area (Å²) in [4.78, 5) is 27.0. The van der Waals surface area contributed by atoms with Crippen molar-refractivity contribution in [2.45, 2.75) is 25.3 Å². The summed E-state index contributed by atoms with van der Waals surface area (Å²) in [5.41, 5.74) is 5.93. The molecule has 1 aliphatic heterocycles. The molecule has 1 aromatic rings. The second-order valence-electron chi connectivity index (χ2n) is 4.83. The number of nitrogens with one attached hydrogen (secondary N) is 1. The molecular formula is C15H19N3O2S. The van der Waals surface area contributed by atoms with Crippen molar-refractivity contribution in [1.82, 2.24) is 10.2 Å². The number of carbonyl (C=O) groups excluding carboxylic acids is 2. The number of likely N-dealkylation sites (N-methyl/N-ethyl adjacent to an activating group) is 1. The lowest BCUT2D eigenvalue weighted by atomic mass is 10.0. The molecule has 2 heterocycles. The van der Waals surface area contributed by atoms with Crippen molar-refractivity contribution in [3.05, 3.63) is 21.9 Å². The molecule has 6 heteroatoms. The van der Waals surface area contributed by atoms with E-state index in [1.807, 2.05) is 0 Å². The summed E-state index contributed by atoms with van der Waals surface area (Å²) < 4.78 is 0. The molecular weight excluding hydrogens is 286 g/mol. The first-order valence-electron chi connectivity index (χ1n) is 6.97. The number of rotatable bonds is 2. The van der Waals surface area contributed by atoms with E-state index in [2.05, 4.69) is 17.2 Å². The average Bonchev–Trinajstić information content (AvgIpc) is 3.00. The van der Waals surface area contributed by atoms with E-state index in [9.17, 15) is 9.59 Å². The van der Waals surface area contributed by atoms with Crippen molar-refractivity contribution in [2.75, 3.05) is 20.1 Å². The van der Waals surface area contributed by atoms with Crippen molar-refractivity contribution in [3.8, 4) is 11.8 Å². The number of amides is 2. The van der Waals surface area contributed by atoms with Crippen LogP contribution in [0.3, 0.4) is 0 Å². The Balaban J connectivity index is 2.16. The molecule has 1 unspecified atom stereocenters. The quantitative estimate of drug-likeness (QED) is 0.794. The second kappa shape index (κ2) is 7.25. The third kappa shape index (κ3) is 3.63. The minimum atomic E-state index is -0.366. The maximum atomic E-state index is 12.6. The predicted molar refractivity (Wildman–Crippen MR) is 83.0 cm³/mol. The van der Waals surface area contributed by atoms with Gasteiger partial charge in [0.15, 0.2) is 0 Å². The van der Waals surface area contributed by atoms with E-state index in [-0.39, 0.29) is 17.9 Å². The summed E-state index contributed by atoms with van der Waals surface area (Å²) in [6.45, 7) is 0.919. The molecule has 1 saturated heterocycles. The lowest BCUT2D eigenvalue weighted by Gasteiger charge is -2.34. The summed E-state index contributed by atoms with van der Waals surface area (Å²) in [5.74, 6) is 5.50. The highest BCUT2D eigenvalue weighted by Gasteiger charge is 2.32. The Bertz CT molecular complexity index is 585. The molecule has 0 aromatic carbocycles. The average molecular weight is 305 g/mol. The van der Waals surface area contributed by atoms with E-state index < -0.39 is 0 Å². The van der Waals surface area contributed by atoms with Crippen LogP contribution >= 0.6 is 11.3 Å². The van der Waals surface area contributed by atoms with Gasteiger partial charge in [-0.05, 0) is 25.3 Å². The number of hydrogen-bond donors (Lipinski definition) is 2. The molecule has 112 valence electrons. The van der Waals surface area contributed by atoms with E-state index in [0.717, 1.165) is 24.1 Å². The van der Waals surface area contributed by atoms with Crippen molar-refractivity contribution >= 4 is 23.2 Å². The van der Waals surface area contributed by atoms with Gasteiger partial charge in [-0.1, -0.05) is 11.8 Å². The number of nitrogens with two attached hydrogens (primary N) is 1. The highest BCUT2D eigenvalue weighted by molar-refractivity contribution is 7.10. The molecule has 5 nitrogen and oxygen atoms in total. The van der Waals surface area contributed by atoms with Gasteiger partial charge >= 0.3 is 0 Å². The Morgan fingerprint density at radius 3 is 3.05 bits per heavy atom. The van der Waals surface area contributed by atoms with Crippen LogP contribution < -0.4 is 11.1 Å². The van der Waals surface area contributed by atoms with Crippen LogP contribution in [0.5, 0.6) is 0 Å². The molecule has 1 fully saturated rings. The Morgan fingerprint density at radius 1 is 1.52 bits per heavy atom. The van der Waals surface area contributed by atoms with Gasteiger partial charge in [0, 0.05) is 19.0 Å². The number of nitrogens with zero attached hydrogens (tertiary/aromatic N) is 1. The molecule has 21 heavy (non-hydrogen) atoms. The van der Waals surface area contributed by atoms with Crippen molar-refractivity contribution in [2.24, 2.45) is 5.73 Å². The fraction of sp³-hybridized carbons (Fsp3) is 0.467. The van der Waals surface area contributed by atoms with Crippen LogP contribution in [0.25, 0.3) is 0 Å². The van der Waals surface area contributed by atoms with Crippen LogP contribution in [0.15, 0.2) is 11.4 Å². The van der Waals surface area contributed by atoms with Gasteiger partial charge in [-0.25, -0.2) is 0 Å². The second-order valence-corrected chi connectivity index (χ2v) is 5.74. The first-order chi connectivity index (χ1) is 10.2. The van der Waals surface area contributed by atoms with Gasteiger partial charge in [0.25, 0.3) is 5.91 Å². The lowest BCUT2D eigenvalue weighted by Crippen LogP contribution is -2.51. The summed E-state index contributed by atoms with van der Waals surface area (Å²) in [5, 5.41) is 4.43. The standard InChI is InChI=1S/C15H19N3O2S/c1-17-14(19)13-6-2-3-8-18(13)15(20)11-9-12(21-10-11)5-4-7-16/h9-10,13H,2-3,6-8,16H2,1H3,(H,17,19). The fourth-order valence-corrected chi connectivity index (χ4v) is 3.18. The van der Waals surface area contributed by atoms with Crippen LogP contribution in [0.4, 0.5) is 0 Å². The van der Waals surface area contributed by atoms with Gasteiger partial charge in [-0.3, -0.25) is 9.59 Å². The van der Waals surface area contributed by atoms with E-state index in [0.29, 0.717) is 18.7 Å². The normalized spacial score (nSPS) is 17.8. The third-order valence-electron chi connectivity index (χ3n) is 3.47. The highest BCUT2D eigenvalue weighted by atomic mass is 32.1. The monoisotopic (exact) mass is 305 g/mol. The summed E-state index contributed by atoms with van der Waals surface area (Å²) in [6.07, 6.45) is 2.62. The molecule has 0 aliphatic carbocycles.